The van der Waals surface area contributed by atoms with Crippen molar-refractivity contribution in [3.05, 3.63) is 22.9 Å². The van der Waals surface area contributed by atoms with Crippen LogP contribution in [0, 0.1) is 0 Å². The average molecular weight is 214 g/mol. The summed E-state index contributed by atoms with van der Waals surface area (Å²) in [5.74, 6) is 0.911. The highest BCUT2D eigenvalue weighted by atomic mass is 79.9. The van der Waals surface area contributed by atoms with E-state index in [1.165, 1.54) is 12.8 Å². The number of hydrogen-bond donors (Lipinski definition) is 0. The third kappa shape index (κ3) is 1.93. The van der Waals surface area contributed by atoms with Crippen LogP contribution < -0.4 is 4.74 Å². The number of aromatic nitrogens is 1. The van der Waals surface area contributed by atoms with Crippen LogP contribution in [0.3, 0.4) is 0 Å². The van der Waals surface area contributed by atoms with Gasteiger partial charge in [-0.05, 0) is 34.8 Å². The molecule has 0 saturated heterocycles. The molecule has 0 bridgehead atoms. The van der Waals surface area contributed by atoms with Gasteiger partial charge in [0.15, 0.2) is 0 Å². The van der Waals surface area contributed by atoms with Crippen molar-refractivity contribution in [1.29, 1.82) is 0 Å². The average Bonchev–Trinajstić information content (AvgIpc) is 2.71. The van der Waals surface area contributed by atoms with Crippen LogP contribution >= 0.6 is 15.9 Å². The third-order valence-electron chi connectivity index (χ3n) is 1.53. The van der Waals surface area contributed by atoms with E-state index in [1.54, 1.807) is 6.20 Å². The van der Waals surface area contributed by atoms with Gasteiger partial charge in [0.25, 0.3) is 0 Å². The fraction of sp³-hybridized carbons (Fsp3) is 0.375. The first-order valence-corrected chi connectivity index (χ1v) is 4.42. The number of pyridine rings is 1. The van der Waals surface area contributed by atoms with E-state index in [4.69, 9.17) is 4.74 Å². The van der Waals surface area contributed by atoms with Gasteiger partial charge in [-0.2, -0.15) is 0 Å². The summed E-state index contributed by atoms with van der Waals surface area (Å²) in [4.78, 5) is 4.00. The first-order chi connectivity index (χ1) is 5.34. The summed E-state index contributed by atoms with van der Waals surface area (Å²) in [6.07, 6.45) is 4.59. The lowest BCUT2D eigenvalue weighted by Crippen LogP contribution is -1.95. The molecule has 2 nitrogen and oxygen atoms in total. The highest BCUT2D eigenvalue weighted by Gasteiger charge is 2.23. The summed E-state index contributed by atoms with van der Waals surface area (Å²) in [6.45, 7) is 0. The van der Waals surface area contributed by atoms with Gasteiger partial charge in [0.2, 0.25) is 0 Å². The maximum Gasteiger partial charge on any atom is 0.123 e. The van der Waals surface area contributed by atoms with Crippen LogP contribution in [-0.4, -0.2) is 11.1 Å². The normalized spacial score (nSPS) is 16.5. The van der Waals surface area contributed by atoms with E-state index in [1.807, 2.05) is 12.1 Å². The second kappa shape index (κ2) is 2.81. The van der Waals surface area contributed by atoms with E-state index in [0.717, 1.165) is 10.4 Å². The summed E-state index contributed by atoms with van der Waals surface area (Å²) < 4.78 is 6.37. The Kier molecular flexibility index (Phi) is 1.82. The zero-order chi connectivity index (χ0) is 7.68. The predicted molar refractivity (Wildman–Crippen MR) is 45.6 cm³/mol. The molecule has 1 aliphatic rings. The fourth-order valence-electron chi connectivity index (χ4n) is 0.836. The van der Waals surface area contributed by atoms with Crippen LogP contribution in [0.5, 0.6) is 5.75 Å². The number of hydrogen-bond acceptors (Lipinski definition) is 2. The highest BCUT2D eigenvalue weighted by Crippen LogP contribution is 2.27. The van der Waals surface area contributed by atoms with Gasteiger partial charge in [-0.1, -0.05) is 0 Å². The second-order valence-electron chi connectivity index (χ2n) is 2.63. The summed E-state index contributed by atoms with van der Waals surface area (Å²) in [7, 11) is 0. The quantitative estimate of drug-likeness (QED) is 0.705. The molecule has 1 aliphatic carbocycles. The molecular weight excluding hydrogens is 206 g/mol. The van der Waals surface area contributed by atoms with Crippen molar-refractivity contribution >= 4 is 15.9 Å². The first kappa shape index (κ1) is 7.10. The third-order valence-corrected chi connectivity index (χ3v) is 1.96. The summed E-state index contributed by atoms with van der Waals surface area (Å²) in [5.41, 5.74) is 0. The summed E-state index contributed by atoms with van der Waals surface area (Å²) >= 11 is 3.28. The van der Waals surface area contributed by atoms with E-state index in [0.29, 0.717) is 6.10 Å². The van der Waals surface area contributed by atoms with Crippen molar-refractivity contribution in [2.45, 2.75) is 18.9 Å². The Bertz CT molecular complexity index is 260. The molecule has 0 atom stereocenters. The molecule has 2 rings (SSSR count). The second-order valence-corrected chi connectivity index (χ2v) is 3.44. The Morgan fingerprint density at radius 3 is 3.00 bits per heavy atom. The van der Waals surface area contributed by atoms with E-state index in [2.05, 4.69) is 20.9 Å². The Hall–Kier alpha value is -0.570. The van der Waals surface area contributed by atoms with Crippen LogP contribution in [0.1, 0.15) is 12.8 Å². The Labute approximate surface area is 73.7 Å². The van der Waals surface area contributed by atoms with Gasteiger partial charge in [-0.25, -0.2) is 4.98 Å². The lowest BCUT2D eigenvalue weighted by atomic mass is 10.4. The van der Waals surface area contributed by atoms with Gasteiger partial charge in [0.05, 0.1) is 6.10 Å². The van der Waals surface area contributed by atoms with Crippen molar-refractivity contribution in [3.63, 3.8) is 0 Å². The minimum absolute atomic E-state index is 0.462. The van der Waals surface area contributed by atoms with Gasteiger partial charge in [0, 0.05) is 12.3 Å². The smallest absolute Gasteiger partial charge is 0.123 e. The van der Waals surface area contributed by atoms with E-state index in [-0.39, 0.29) is 0 Å². The first-order valence-electron chi connectivity index (χ1n) is 3.63. The van der Waals surface area contributed by atoms with Crippen LogP contribution in [-0.2, 0) is 0 Å². The molecule has 0 aliphatic heterocycles. The van der Waals surface area contributed by atoms with Crippen molar-refractivity contribution in [1.82, 2.24) is 4.98 Å². The Morgan fingerprint density at radius 1 is 1.55 bits per heavy atom. The molecule has 58 valence electrons. The standard InChI is InChI=1S/C8H8BrNO/c9-8-5-7(3-4-10-8)11-6-1-2-6/h3-6H,1-2H2. The Balaban J connectivity index is 2.10. The zero-order valence-corrected chi connectivity index (χ0v) is 7.54. The largest absolute Gasteiger partial charge is 0.490 e. The van der Waals surface area contributed by atoms with E-state index >= 15 is 0 Å². The maximum absolute atomic E-state index is 5.54. The molecule has 11 heavy (non-hydrogen) atoms. The van der Waals surface area contributed by atoms with E-state index in [9.17, 15) is 0 Å². The zero-order valence-electron chi connectivity index (χ0n) is 5.96. The van der Waals surface area contributed by atoms with Crippen molar-refractivity contribution in [3.8, 4) is 5.75 Å². The molecule has 1 fully saturated rings. The van der Waals surface area contributed by atoms with E-state index < -0.39 is 0 Å². The van der Waals surface area contributed by atoms with Crippen molar-refractivity contribution < 1.29 is 4.74 Å². The molecule has 0 radical (unpaired) electrons. The molecule has 0 amide bonds. The number of rotatable bonds is 2. The number of nitrogens with zero attached hydrogens (tertiary/aromatic N) is 1. The minimum atomic E-state index is 0.462. The van der Waals surface area contributed by atoms with Gasteiger partial charge < -0.3 is 4.74 Å². The lowest BCUT2D eigenvalue weighted by Gasteiger charge is -2.02. The maximum atomic E-state index is 5.54. The molecule has 0 N–H and O–H groups in total. The monoisotopic (exact) mass is 213 g/mol. The van der Waals surface area contributed by atoms with Gasteiger partial charge in [0.1, 0.15) is 10.4 Å². The van der Waals surface area contributed by atoms with Crippen LogP contribution in [0.2, 0.25) is 0 Å². The minimum Gasteiger partial charge on any atom is -0.490 e. The Morgan fingerprint density at radius 2 is 2.36 bits per heavy atom. The van der Waals surface area contributed by atoms with Gasteiger partial charge in [-0.15, -0.1) is 0 Å². The van der Waals surface area contributed by atoms with Crippen molar-refractivity contribution in [2.75, 3.05) is 0 Å². The molecular formula is C8H8BrNO. The van der Waals surface area contributed by atoms with Gasteiger partial charge >= 0.3 is 0 Å². The summed E-state index contributed by atoms with van der Waals surface area (Å²) in [6, 6.07) is 3.77. The predicted octanol–water partition coefficient (Wildman–Crippen LogP) is 2.39. The van der Waals surface area contributed by atoms with Crippen LogP contribution in [0.15, 0.2) is 22.9 Å². The topological polar surface area (TPSA) is 22.1 Å². The molecule has 1 heterocycles. The van der Waals surface area contributed by atoms with Crippen molar-refractivity contribution in [2.24, 2.45) is 0 Å². The molecule has 0 spiro atoms. The number of ether oxygens (including phenoxy) is 1. The van der Waals surface area contributed by atoms with Crippen LogP contribution in [0.4, 0.5) is 0 Å². The fourth-order valence-corrected chi connectivity index (χ4v) is 1.18. The molecule has 1 aromatic heterocycles. The number of halogens is 1. The lowest BCUT2D eigenvalue weighted by molar-refractivity contribution is 0.302. The van der Waals surface area contributed by atoms with Gasteiger partial charge in [-0.3, -0.25) is 0 Å². The molecule has 0 unspecified atom stereocenters. The highest BCUT2D eigenvalue weighted by molar-refractivity contribution is 9.10. The molecule has 1 aromatic rings. The molecule has 1 saturated carbocycles. The molecule has 0 aromatic carbocycles. The van der Waals surface area contributed by atoms with Crippen LogP contribution in [0.25, 0.3) is 0 Å². The SMILES string of the molecule is Brc1cc(OC2CC2)ccn1. The summed E-state index contributed by atoms with van der Waals surface area (Å²) in [5, 5.41) is 0. The molecule has 3 heteroatoms.